The quantitative estimate of drug-likeness (QED) is 0.116. The summed E-state index contributed by atoms with van der Waals surface area (Å²) < 4.78 is 58.4. The van der Waals surface area contributed by atoms with Gasteiger partial charge in [-0.1, -0.05) is 26.0 Å². The van der Waals surface area contributed by atoms with E-state index in [1.54, 1.807) is 39.2 Å². The molecule has 10 nitrogen and oxygen atoms in total. The van der Waals surface area contributed by atoms with Crippen LogP contribution in [-0.4, -0.2) is 39.0 Å². The third kappa shape index (κ3) is 13.4. The minimum absolute atomic E-state index is 0.0342. The summed E-state index contributed by atoms with van der Waals surface area (Å²) in [6.45, 7) is 8.05. The fraction of sp³-hybridized carbons (Fsp3) is 0.278. The van der Waals surface area contributed by atoms with Crippen molar-refractivity contribution >= 4 is 34.5 Å². The van der Waals surface area contributed by atoms with Crippen LogP contribution < -0.4 is 30.0 Å². The number of rotatable bonds is 11. The monoisotopic (exact) mass is 702 g/mol. The Balaban J connectivity index is 0.000000297. The number of anilines is 2. The zero-order valence-electron chi connectivity index (χ0n) is 28.2. The topological polar surface area (TPSA) is 128 Å². The summed E-state index contributed by atoms with van der Waals surface area (Å²) in [6.07, 6.45) is 1.12. The molecule has 0 saturated heterocycles. The molecule has 4 aromatic rings. The first-order chi connectivity index (χ1) is 23.5. The molecule has 0 heterocycles. The van der Waals surface area contributed by atoms with E-state index in [1.807, 2.05) is 31.2 Å². The van der Waals surface area contributed by atoms with E-state index in [0.717, 1.165) is 24.0 Å². The van der Waals surface area contributed by atoms with Crippen LogP contribution in [0.5, 0.6) is 34.5 Å². The third-order valence-electron chi connectivity index (χ3n) is 6.38. The number of amides is 1. The molecule has 0 radical (unpaired) electrons. The fourth-order valence-electron chi connectivity index (χ4n) is 3.93. The van der Waals surface area contributed by atoms with Crippen LogP contribution in [0.3, 0.4) is 0 Å². The Morgan fingerprint density at radius 1 is 0.653 bits per heavy atom. The van der Waals surface area contributed by atoms with Crippen molar-refractivity contribution < 1.29 is 46.8 Å². The highest BCUT2D eigenvalue weighted by molar-refractivity contribution is 6.61. The highest BCUT2D eigenvalue weighted by atomic mass is 35.5. The Labute approximate surface area is 290 Å². The molecule has 0 aliphatic rings. The van der Waals surface area contributed by atoms with Crippen molar-refractivity contribution in [2.45, 2.75) is 40.5 Å². The minimum atomic E-state index is -0.738. The third-order valence-corrected chi connectivity index (χ3v) is 6.49. The van der Waals surface area contributed by atoms with E-state index in [0.29, 0.717) is 35.3 Å². The summed E-state index contributed by atoms with van der Waals surface area (Å²) in [4.78, 5) is 20.9. The van der Waals surface area contributed by atoms with Gasteiger partial charge in [0.25, 0.3) is 0 Å². The zero-order valence-corrected chi connectivity index (χ0v) is 29.0. The summed E-state index contributed by atoms with van der Waals surface area (Å²) in [5.41, 5.74) is 7.62. The number of halogens is 3. The molecule has 0 aliphatic carbocycles. The van der Waals surface area contributed by atoms with Crippen LogP contribution in [0.4, 0.5) is 29.7 Å². The lowest BCUT2D eigenvalue weighted by atomic mass is 10.1. The van der Waals surface area contributed by atoms with Crippen LogP contribution in [0.25, 0.3) is 0 Å². The second-order valence-corrected chi connectivity index (χ2v) is 10.0. The van der Waals surface area contributed by atoms with E-state index < -0.39 is 23.2 Å². The molecule has 0 fully saturated rings. The van der Waals surface area contributed by atoms with Crippen LogP contribution in [-0.2, 0) is 22.3 Å². The molecule has 3 N–H and O–H groups in total. The molecule has 264 valence electrons. The molecule has 0 spiro atoms. The van der Waals surface area contributed by atoms with Gasteiger partial charge >= 0.3 is 11.5 Å². The predicted octanol–water partition coefficient (Wildman–Crippen LogP) is 9.91. The fourth-order valence-corrected chi connectivity index (χ4v) is 4.04. The maximum Gasteiger partial charge on any atom is 0.411 e. The van der Waals surface area contributed by atoms with Gasteiger partial charge in [0.2, 0.25) is 0 Å². The molecule has 1 amide bonds. The summed E-state index contributed by atoms with van der Waals surface area (Å²) in [5.74, 6) is 1.05. The van der Waals surface area contributed by atoms with Crippen molar-refractivity contribution in [3.05, 3.63) is 95.6 Å². The van der Waals surface area contributed by atoms with E-state index in [1.165, 1.54) is 37.4 Å². The maximum atomic E-state index is 14.2. The van der Waals surface area contributed by atoms with Gasteiger partial charge in [-0.3, -0.25) is 5.32 Å². The molecular formula is C36H41ClF2N2O8. The molecule has 4 aromatic carbocycles. The van der Waals surface area contributed by atoms with Crippen molar-refractivity contribution in [1.82, 2.24) is 0 Å². The number of nitrogens with two attached hydrogens (primary N) is 1. The number of hydrogen-bond donors (Lipinski definition) is 2. The largest absolute Gasteiger partial charge is 0.493 e. The van der Waals surface area contributed by atoms with Crippen molar-refractivity contribution in [3.63, 3.8) is 0 Å². The van der Waals surface area contributed by atoms with E-state index >= 15 is 0 Å². The van der Waals surface area contributed by atoms with E-state index in [2.05, 4.69) is 17.0 Å². The Kier molecular flexibility index (Phi) is 17.0. The molecule has 49 heavy (non-hydrogen) atoms. The number of benzene rings is 4. The first-order valence-electron chi connectivity index (χ1n) is 15.3. The Morgan fingerprint density at radius 3 is 1.51 bits per heavy atom. The number of methoxy groups -OCH3 is 2. The standard InChI is InChI=1S/C18H20FNO4.C15H16FNO2.C3H5ClO2/c1-4-12-6-8-16(17(10-12)22-3)24-15-9-7-13(11-14(15)19)20-18(21)23-5-2;1-3-10-4-6-14(15(8-10)18-2)19-13-7-5-11(17)9-12(13)16;1-2-6-3(4)5/h6-11H,4-5H2,1-3H3,(H,20,21);4-9H,3,17H2,1-2H3;2H2,1H3. The van der Waals surface area contributed by atoms with Gasteiger partial charge in [-0.25, -0.2) is 18.4 Å². The molecule has 4 rings (SSSR count). The SMILES string of the molecule is CCOC(=O)Cl.CCOC(=O)Nc1ccc(Oc2ccc(CC)cc2OC)c(F)c1.CCc1ccc(Oc2ccc(N)cc2F)c(OC)c1. The highest BCUT2D eigenvalue weighted by Gasteiger charge is 2.13. The molecule has 0 unspecified atom stereocenters. The molecule has 0 bridgehead atoms. The second kappa shape index (κ2) is 20.9. The molecule has 0 aliphatic heterocycles. The minimum Gasteiger partial charge on any atom is -0.493 e. The Hall–Kier alpha value is -5.23. The van der Waals surface area contributed by atoms with Gasteiger partial charge in [-0.05, 0) is 86.3 Å². The number of nitrogen functional groups attached to an aromatic ring is 1. The van der Waals surface area contributed by atoms with E-state index in [4.69, 9.17) is 41.0 Å². The van der Waals surface area contributed by atoms with E-state index in [9.17, 15) is 18.4 Å². The number of hydrogen-bond acceptors (Lipinski definition) is 9. The van der Waals surface area contributed by atoms with Gasteiger partial charge < -0.3 is 34.2 Å². The summed E-state index contributed by atoms with van der Waals surface area (Å²) >= 11 is 4.72. The lowest BCUT2D eigenvalue weighted by Gasteiger charge is -2.13. The lowest BCUT2D eigenvalue weighted by Crippen LogP contribution is -2.13. The zero-order chi connectivity index (χ0) is 36.3. The van der Waals surface area contributed by atoms with Crippen LogP contribution in [0.2, 0.25) is 0 Å². The summed E-state index contributed by atoms with van der Waals surface area (Å²) in [5, 5.41) is 2.43. The van der Waals surface area contributed by atoms with Crippen LogP contribution in [0, 0.1) is 11.6 Å². The first-order valence-corrected chi connectivity index (χ1v) is 15.7. The summed E-state index contributed by atoms with van der Waals surface area (Å²) in [7, 11) is 3.09. The summed E-state index contributed by atoms with van der Waals surface area (Å²) in [6, 6.07) is 19.5. The maximum absolute atomic E-state index is 14.2. The van der Waals surface area contributed by atoms with E-state index in [-0.39, 0.29) is 23.8 Å². The van der Waals surface area contributed by atoms with Crippen molar-refractivity contribution in [1.29, 1.82) is 0 Å². The van der Waals surface area contributed by atoms with Gasteiger partial charge in [0.05, 0.1) is 27.4 Å². The molecule has 0 saturated carbocycles. The normalized spacial score (nSPS) is 9.90. The number of carbonyl (C=O) groups excluding carboxylic acids is 2. The van der Waals surface area contributed by atoms with Gasteiger partial charge in [-0.15, -0.1) is 0 Å². The second-order valence-electron chi connectivity index (χ2n) is 9.73. The van der Waals surface area contributed by atoms with Gasteiger partial charge in [-0.2, -0.15) is 0 Å². The number of nitrogens with one attached hydrogen (secondary N) is 1. The van der Waals surface area contributed by atoms with Crippen molar-refractivity contribution in [2.24, 2.45) is 0 Å². The van der Waals surface area contributed by atoms with Gasteiger partial charge in [0, 0.05) is 35.1 Å². The smallest absolute Gasteiger partial charge is 0.411 e. The van der Waals surface area contributed by atoms with Gasteiger partial charge in [0.15, 0.2) is 46.1 Å². The average Bonchev–Trinajstić information content (AvgIpc) is 3.08. The number of ether oxygens (including phenoxy) is 6. The average molecular weight is 703 g/mol. The molecular weight excluding hydrogens is 662 g/mol. The van der Waals surface area contributed by atoms with Gasteiger partial charge in [0.1, 0.15) is 0 Å². The van der Waals surface area contributed by atoms with Crippen molar-refractivity contribution in [2.75, 3.05) is 38.5 Å². The predicted molar refractivity (Wildman–Crippen MR) is 186 cm³/mol. The van der Waals surface area contributed by atoms with Crippen LogP contribution in [0.1, 0.15) is 38.8 Å². The van der Waals surface area contributed by atoms with Crippen LogP contribution in [0.15, 0.2) is 72.8 Å². The lowest BCUT2D eigenvalue weighted by molar-refractivity contribution is 0.168. The first kappa shape index (κ1) is 39.9. The number of carbonyl (C=O) groups is 2. The van der Waals surface area contributed by atoms with Crippen molar-refractivity contribution in [3.8, 4) is 34.5 Å². The highest BCUT2D eigenvalue weighted by Crippen LogP contribution is 2.35. The Morgan fingerprint density at radius 2 is 1.12 bits per heavy atom. The molecule has 0 atom stereocenters. The number of aryl methyl sites for hydroxylation is 2. The molecule has 0 aromatic heterocycles. The molecule has 13 heteroatoms. The van der Waals surface area contributed by atoms with Crippen LogP contribution >= 0.6 is 11.6 Å². The Bertz CT molecular complexity index is 1670.